The van der Waals surface area contributed by atoms with Crippen LogP contribution >= 0.6 is 0 Å². The molecule has 2 aliphatic heterocycles. The summed E-state index contributed by atoms with van der Waals surface area (Å²) in [6.45, 7) is 6.08. The van der Waals surface area contributed by atoms with Crippen LogP contribution < -0.4 is 0 Å². The summed E-state index contributed by atoms with van der Waals surface area (Å²) in [5, 5.41) is 0. The van der Waals surface area contributed by atoms with Crippen LogP contribution in [-0.4, -0.2) is 55.0 Å². The van der Waals surface area contributed by atoms with Crippen molar-refractivity contribution >= 4 is 11.9 Å². The van der Waals surface area contributed by atoms with Gasteiger partial charge in [-0.15, -0.1) is 0 Å². The maximum absolute atomic E-state index is 12.8. The number of furan rings is 1. The average Bonchev–Trinajstić information content (AvgIpc) is 2.86. The molecule has 0 aliphatic carbocycles. The van der Waals surface area contributed by atoms with E-state index < -0.39 is 0 Å². The number of methoxy groups -OCH3 is 1. The highest BCUT2D eigenvalue weighted by atomic mass is 16.5. The molecule has 0 unspecified atom stereocenters. The number of aryl methyl sites for hydroxylation is 1. The quantitative estimate of drug-likeness (QED) is 0.771. The van der Waals surface area contributed by atoms with Gasteiger partial charge in [0.25, 0.3) is 0 Å². The molecule has 0 saturated carbocycles. The van der Waals surface area contributed by atoms with Gasteiger partial charge in [-0.25, -0.2) is 4.79 Å². The fourth-order valence-corrected chi connectivity index (χ4v) is 4.04. The molecule has 0 spiro atoms. The number of carbonyl (C=O) groups is 2. The van der Waals surface area contributed by atoms with Crippen LogP contribution in [0.4, 0.5) is 0 Å². The molecule has 3 rings (SSSR count). The fraction of sp³-hybridized carbons (Fsp3) is 0.700. The van der Waals surface area contributed by atoms with Crippen molar-refractivity contribution in [3.05, 3.63) is 23.2 Å². The Morgan fingerprint density at radius 1 is 1.12 bits per heavy atom. The Kier molecular flexibility index (Phi) is 6.35. The second kappa shape index (κ2) is 8.71. The first kappa shape index (κ1) is 19.0. The zero-order chi connectivity index (χ0) is 18.5. The molecule has 1 aromatic heterocycles. The smallest absolute Gasteiger partial charge is 0.341 e. The number of carbonyl (C=O) groups excluding carboxylic acids is 2. The Morgan fingerprint density at radius 2 is 1.77 bits per heavy atom. The van der Waals surface area contributed by atoms with Gasteiger partial charge in [-0.3, -0.25) is 9.69 Å². The summed E-state index contributed by atoms with van der Waals surface area (Å²) >= 11 is 0. The van der Waals surface area contributed by atoms with Crippen molar-refractivity contribution in [2.75, 3.05) is 33.3 Å². The van der Waals surface area contributed by atoms with Gasteiger partial charge in [-0.1, -0.05) is 12.8 Å². The maximum Gasteiger partial charge on any atom is 0.341 e. The topological polar surface area (TPSA) is 63.0 Å². The van der Waals surface area contributed by atoms with Crippen LogP contribution in [0.2, 0.25) is 0 Å². The number of hydrogen-bond donors (Lipinski definition) is 0. The highest BCUT2D eigenvalue weighted by Crippen LogP contribution is 2.24. The van der Waals surface area contributed by atoms with E-state index in [2.05, 4.69) is 9.80 Å². The Bertz CT molecular complexity index is 624. The van der Waals surface area contributed by atoms with E-state index in [1.165, 1.54) is 20.0 Å². The van der Waals surface area contributed by atoms with Gasteiger partial charge in [0.2, 0.25) is 5.91 Å². The molecule has 2 fully saturated rings. The summed E-state index contributed by atoms with van der Waals surface area (Å²) in [5.74, 6) is 1.53. The van der Waals surface area contributed by atoms with E-state index in [0.29, 0.717) is 23.8 Å². The zero-order valence-corrected chi connectivity index (χ0v) is 16.0. The molecule has 0 bridgehead atoms. The van der Waals surface area contributed by atoms with Crippen molar-refractivity contribution in [2.45, 2.75) is 52.0 Å². The zero-order valence-electron chi connectivity index (χ0n) is 16.0. The summed E-state index contributed by atoms with van der Waals surface area (Å²) in [6.07, 6.45) is 6.59. The minimum Gasteiger partial charge on any atom is -0.465 e. The molecule has 2 aliphatic rings. The Labute approximate surface area is 155 Å². The lowest BCUT2D eigenvalue weighted by Crippen LogP contribution is -2.42. The van der Waals surface area contributed by atoms with E-state index in [-0.39, 0.29) is 11.9 Å². The van der Waals surface area contributed by atoms with Crippen molar-refractivity contribution in [3.8, 4) is 0 Å². The molecule has 1 amide bonds. The SMILES string of the molecule is COC(=O)c1cc(CN2CCC(C(=O)N3CCCCCC3)CC2)oc1C. The first-order valence-electron chi connectivity index (χ1n) is 9.77. The third kappa shape index (κ3) is 4.47. The van der Waals surface area contributed by atoms with Gasteiger partial charge in [0.05, 0.1) is 13.7 Å². The summed E-state index contributed by atoms with van der Waals surface area (Å²) in [4.78, 5) is 28.8. The van der Waals surface area contributed by atoms with Gasteiger partial charge in [-0.05, 0) is 51.8 Å². The molecular formula is C20H30N2O4. The molecular weight excluding hydrogens is 332 g/mol. The van der Waals surface area contributed by atoms with E-state index >= 15 is 0 Å². The Hall–Kier alpha value is -1.82. The van der Waals surface area contributed by atoms with E-state index in [1.807, 2.05) is 0 Å². The second-order valence-electron chi connectivity index (χ2n) is 7.46. The Balaban J connectivity index is 1.50. The highest BCUT2D eigenvalue weighted by molar-refractivity contribution is 5.90. The molecule has 0 aromatic carbocycles. The number of amides is 1. The fourth-order valence-electron chi connectivity index (χ4n) is 4.04. The van der Waals surface area contributed by atoms with E-state index in [1.54, 1.807) is 13.0 Å². The largest absolute Gasteiger partial charge is 0.465 e. The third-order valence-corrected chi connectivity index (χ3v) is 5.61. The molecule has 0 radical (unpaired) electrons. The standard InChI is InChI=1S/C20H30N2O4/c1-15-18(20(24)25-2)13-17(26-15)14-21-11-7-16(8-12-21)19(23)22-9-5-3-4-6-10-22/h13,16H,3-12,14H2,1-2H3. The minimum atomic E-state index is -0.362. The molecule has 6 nitrogen and oxygen atoms in total. The molecule has 1 aromatic rings. The molecule has 26 heavy (non-hydrogen) atoms. The summed E-state index contributed by atoms with van der Waals surface area (Å²) in [7, 11) is 1.38. The van der Waals surface area contributed by atoms with Crippen LogP contribution in [0.5, 0.6) is 0 Å². The van der Waals surface area contributed by atoms with Crippen LogP contribution in [0.15, 0.2) is 10.5 Å². The second-order valence-corrected chi connectivity index (χ2v) is 7.46. The van der Waals surface area contributed by atoms with Gasteiger partial charge >= 0.3 is 5.97 Å². The molecule has 0 atom stereocenters. The lowest BCUT2D eigenvalue weighted by Gasteiger charge is -2.33. The number of hydrogen-bond acceptors (Lipinski definition) is 5. The maximum atomic E-state index is 12.8. The highest BCUT2D eigenvalue weighted by Gasteiger charge is 2.29. The number of likely N-dealkylation sites (tertiary alicyclic amines) is 2. The first-order chi connectivity index (χ1) is 12.6. The number of rotatable bonds is 4. The Morgan fingerprint density at radius 3 is 2.38 bits per heavy atom. The number of esters is 1. The van der Waals surface area contributed by atoms with Crippen LogP contribution in [0.3, 0.4) is 0 Å². The van der Waals surface area contributed by atoms with Crippen molar-refractivity contribution in [2.24, 2.45) is 5.92 Å². The molecule has 0 N–H and O–H groups in total. The number of nitrogens with zero attached hydrogens (tertiary/aromatic N) is 2. The van der Waals surface area contributed by atoms with Gasteiger partial charge < -0.3 is 14.1 Å². The van der Waals surface area contributed by atoms with Crippen molar-refractivity contribution in [1.29, 1.82) is 0 Å². The van der Waals surface area contributed by atoms with Crippen LogP contribution in [0.25, 0.3) is 0 Å². The lowest BCUT2D eigenvalue weighted by molar-refractivity contribution is -0.137. The van der Waals surface area contributed by atoms with Crippen molar-refractivity contribution < 1.29 is 18.7 Å². The number of ether oxygens (including phenoxy) is 1. The average molecular weight is 362 g/mol. The molecule has 6 heteroatoms. The van der Waals surface area contributed by atoms with Crippen LogP contribution in [-0.2, 0) is 16.1 Å². The summed E-state index contributed by atoms with van der Waals surface area (Å²) in [5.41, 5.74) is 0.494. The third-order valence-electron chi connectivity index (χ3n) is 5.61. The lowest BCUT2D eigenvalue weighted by atomic mass is 9.95. The van der Waals surface area contributed by atoms with Gasteiger partial charge in [0, 0.05) is 19.0 Å². The van der Waals surface area contributed by atoms with Crippen molar-refractivity contribution in [3.63, 3.8) is 0 Å². The molecule has 144 valence electrons. The van der Waals surface area contributed by atoms with E-state index in [0.717, 1.165) is 57.6 Å². The van der Waals surface area contributed by atoms with Crippen LogP contribution in [0.1, 0.15) is 60.4 Å². The predicted molar refractivity (Wildman–Crippen MR) is 97.8 cm³/mol. The van der Waals surface area contributed by atoms with Crippen LogP contribution in [0, 0.1) is 12.8 Å². The minimum absolute atomic E-state index is 0.160. The normalized spacial score (nSPS) is 20.0. The predicted octanol–water partition coefficient (Wildman–Crippen LogP) is 2.99. The van der Waals surface area contributed by atoms with Gasteiger partial charge in [-0.2, -0.15) is 0 Å². The van der Waals surface area contributed by atoms with E-state index in [4.69, 9.17) is 9.15 Å². The first-order valence-corrected chi connectivity index (χ1v) is 9.77. The number of piperidine rings is 1. The van der Waals surface area contributed by atoms with Crippen molar-refractivity contribution in [1.82, 2.24) is 9.80 Å². The molecule has 3 heterocycles. The van der Waals surface area contributed by atoms with Gasteiger partial charge in [0.1, 0.15) is 17.1 Å². The summed E-state index contributed by atoms with van der Waals surface area (Å²) < 4.78 is 10.5. The summed E-state index contributed by atoms with van der Waals surface area (Å²) in [6, 6.07) is 1.77. The van der Waals surface area contributed by atoms with Gasteiger partial charge in [0.15, 0.2) is 0 Å². The van der Waals surface area contributed by atoms with E-state index in [9.17, 15) is 9.59 Å². The monoisotopic (exact) mass is 362 g/mol. The molecule has 2 saturated heterocycles.